The van der Waals surface area contributed by atoms with E-state index in [1.165, 1.54) is 19.6 Å². The van der Waals surface area contributed by atoms with Crippen molar-refractivity contribution < 1.29 is 19.2 Å². The van der Waals surface area contributed by atoms with Gasteiger partial charge < -0.3 is 0 Å². The molecule has 2 heterocycles. The van der Waals surface area contributed by atoms with Gasteiger partial charge in [-0.15, -0.1) is 0 Å². The summed E-state index contributed by atoms with van der Waals surface area (Å²) in [4.78, 5) is 53.2. The summed E-state index contributed by atoms with van der Waals surface area (Å²) in [6, 6.07) is 0. The topological polar surface area (TPSA) is 133 Å². The molecule has 0 aromatic carbocycles. The minimum Gasteiger partial charge on any atom is -0.296 e. The monoisotopic (exact) mass is 454 g/mol. The van der Waals surface area contributed by atoms with Gasteiger partial charge in [0.15, 0.2) is 12.6 Å². The first-order valence-corrected chi connectivity index (χ1v) is 10.8. The van der Waals surface area contributed by atoms with E-state index in [0.29, 0.717) is 0 Å². The predicted molar refractivity (Wildman–Crippen MR) is 122 cm³/mol. The summed E-state index contributed by atoms with van der Waals surface area (Å²) in [5, 5.41) is 0. The maximum absolute atomic E-state index is 11.9. The van der Waals surface area contributed by atoms with Crippen molar-refractivity contribution in [2.45, 2.75) is 118 Å². The molecule has 184 valence electrons. The summed E-state index contributed by atoms with van der Waals surface area (Å²) in [5.41, 5.74) is 10.2. The molecule has 2 aliphatic rings. The number of carbonyl (C=O) groups excluding carboxylic acids is 4. The standard InChI is InChI=1S/2C11H21N3O2/c2*1-10(2,3)13-7(15)8(16)14(9(13)12)11(4,5)6/h2*9H,12H2,1-6H3. The van der Waals surface area contributed by atoms with Crippen molar-refractivity contribution in [3.05, 3.63) is 0 Å². The number of nitrogens with two attached hydrogens (primary N) is 2. The van der Waals surface area contributed by atoms with E-state index in [1.54, 1.807) is 0 Å². The Bertz CT molecular complexity index is 652. The molecule has 0 bridgehead atoms. The fraction of sp³-hybridized carbons (Fsp3) is 0.818. The molecule has 2 saturated heterocycles. The Labute approximate surface area is 192 Å². The Morgan fingerprint density at radius 2 is 0.562 bits per heavy atom. The number of nitrogens with zero attached hydrogens (tertiary/aromatic N) is 4. The first-order valence-electron chi connectivity index (χ1n) is 10.8. The highest BCUT2D eigenvalue weighted by Gasteiger charge is 2.52. The van der Waals surface area contributed by atoms with Crippen molar-refractivity contribution in [1.29, 1.82) is 0 Å². The summed E-state index contributed by atoms with van der Waals surface area (Å²) < 4.78 is 0. The molecule has 0 aromatic rings. The number of hydrogen-bond acceptors (Lipinski definition) is 6. The molecule has 0 spiro atoms. The molecular weight excluding hydrogens is 412 g/mol. The lowest BCUT2D eigenvalue weighted by Gasteiger charge is -2.40. The smallest absolute Gasteiger partial charge is 0.296 e. The first-order chi connectivity index (χ1) is 14.0. The van der Waals surface area contributed by atoms with Crippen LogP contribution in [0.3, 0.4) is 0 Å². The molecule has 0 aromatic heterocycles. The van der Waals surface area contributed by atoms with Crippen LogP contribution in [0.4, 0.5) is 0 Å². The Balaban J connectivity index is 0.000000320. The van der Waals surface area contributed by atoms with Crippen LogP contribution in [-0.2, 0) is 19.2 Å². The van der Waals surface area contributed by atoms with Gasteiger partial charge in [-0.05, 0) is 83.1 Å². The molecule has 10 nitrogen and oxygen atoms in total. The summed E-state index contributed by atoms with van der Waals surface area (Å²) in [6.45, 7) is 22.4. The summed E-state index contributed by atoms with van der Waals surface area (Å²) in [6.07, 6.45) is -1.36. The maximum Gasteiger partial charge on any atom is 0.315 e. The quantitative estimate of drug-likeness (QED) is 0.525. The highest BCUT2D eigenvalue weighted by molar-refractivity contribution is 6.37. The van der Waals surface area contributed by atoms with Gasteiger partial charge in [-0.25, -0.2) is 0 Å². The van der Waals surface area contributed by atoms with Crippen molar-refractivity contribution in [2.24, 2.45) is 11.5 Å². The zero-order valence-corrected chi connectivity index (χ0v) is 21.7. The van der Waals surface area contributed by atoms with Crippen molar-refractivity contribution in [1.82, 2.24) is 19.6 Å². The van der Waals surface area contributed by atoms with Crippen molar-refractivity contribution in [2.75, 3.05) is 0 Å². The number of carbonyl (C=O) groups is 4. The highest BCUT2D eigenvalue weighted by atomic mass is 16.2. The third-order valence-electron chi connectivity index (χ3n) is 5.19. The fourth-order valence-electron chi connectivity index (χ4n) is 3.93. The lowest BCUT2D eigenvalue weighted by Crippen LogP contribution is -2.58. The zero-order valence-electron chi connectivity index (χ0n) is 21.7. The van der Waals surface area contributed by atoms with Crippen LogP contribution in [0.25, 0.3) is 0 Å². The minimum absolute atomic E-state index is 0.452. The third-order valence-corrected chi connectivity index (χ3v) is 5.19. The van der Waals surface area contributed by atoms with Crippen LogP contribution in [0.2, 0.25) is 0 Å². The van der Waals surface area contributed by atoms with Gasteiger partial charge in [-0.3, -0.25) is 50.2 Å². The van der Waals surface area contributed by atoms with Crippen LogP contribution < -0.4 is 11.5 Å². The number of amides is 4. The van der Waals surface area contributed by atoms with Gasteiger partial charge in [0.05, 0.1) is 0 Å². The lowest BCUT2D eigenvalue weighted by atomic mass is 10.1. The fourth-order valence-corrected chi connectivity index (χ4v) is 3.93. The SMILES string of the molecule is CC(C)(C)N1C(=O)C(=O)N(C(C)(C)C)C1N.CC(C)(C)N1C(=O)C(=O)N(C(C)(C)C)C1N. The molecule has 0 aliphatic carbocycles. The normalized spacial score (nSPS) is 19.9. The largest absolute Gasteiger partial charge is 0.315 e. The molecular formula is C22H42N6O4. The van der Waals surface area contributed by atoms with Crippen molar-refractivity contribution >= 4 is 23.6 Å². The molecule has 32 heavy (non-hydrogen) atoms. The molecule has 0 atom stereocenters. The Morgan fingerprint density at radius 1 is 0.438 bits per heavy atom. The molecule has 2 fully saturated rings. The van der Waals surface area contributed by atoms with Crippen LogP contribution >= 0.6 is 0 Å². The zero-order chi connectivity index (χ0) is 25.8. The van der Waals surface area contributed by atoms with Gasteiger partial charge in [0.1, 0.15) is 0 Å². The first kappa shape index (κ1) is 27.8. The molecule has 0 radical (unpaired) electrons. The minimum atomic E-state index is -0.681. The van der Waals surface area contributed by atoms with Crippen LogP contribution in [0.15, 0.2) is 0 Å². The summed E-state index contributed by atoms with van der Waals surface area (Å²) >= 11 is 0. The van der Waals surface area contributed by atoms with Crippen LogP contribution in [0.1, 0.15) is 83.1 Å². The average molecular weight is 455 g/mol. The molecule has 4 amide bonds. The van der Waals surface area contributed by atoms with E-state index >= 15 is 0 Å². The van der Waals surface area contributed by atoms with Gasteiger partial charge in [-0.1, -0.05) is 0 Å². The van der Waals surface area contributed by atoms with Crippen LogP contribution in [0.5, 0.6) is 0 Å². The van der Waals surface area contributed by atoms with E-state index in [4.69, 9.17) is 11.5 Å². The molecule has 10 heteroatoms. The predicted octanol–water partition coefficient (Wildman–Crippen LogP) is 0.993. The molecule has 4 N–H and O–H groups in total. The Morgan fingerprint density at radius 3 is 0.625 bits per heavy atom. The second-order valence-electron chi connectivity index (χ2n) is 12.2. The van der Waals surface area contributed by atoms with E-state index in [9.17, 15) is 19.2 Å². The molecule has 2 aliphatic heterocycles. The molecule has 0 saturated carbocycles. The van der Waals surface area contributed by atoms with Gasteiger partial charge in [0.2, 0.25) is 0 Å². The average Bonchev–Trinajstić information content (AvgIpc) is 2.87. The van der Waals surface area contributed by atoms with Crippen LogP contribution in [0, 0.1) is 0 Å². The van der Waals surface area contributed by atoms with E-state index < -0.39 is 58.4 Å². The Kier molecular flexibility index (Phi) is 7.22. The highest BCUT2D eigenvalue weighted by Crippen LogP contribution is 2.30. The second-order valence-corrected chi connectivity index (χ2v) is 12.2. The van der Waals surface area contributed by atoms with E-state index in [-0.39, 0.29) is 0 Å². The number of rotatable bonds is 0. The lowest BCUT2D eigenvalue weighted by molar-refractivity contribution is -0.146. The van der Waals surface area contributed by atoms with Gasteiger partial charge in [0, 0.05) is 22.2 Å². The van der Waals surface area contributed by atoms with Gasteiger partial charge >= 0.3 is 23.6 Å². The van der Waals surface area contributed by atoms with Crippen LogP contribution in [-0.4, -0.2) is 78.0 Å². The van der Waals surface area contributed by atoms with Crippen molar-refractivity contribution in [3.63, 3.8) is 0 Å². The van der Waals surface area contributed by atoms with Gasteiger partial charge in [-0.2, -0.15) is 0 Å². The summed E-state index contributed by atoms with van der Waals surface area (Å²) in [5.74, 6) is -2.07. The third kappa shape index (κ3) is 5.23. The second kappa shape index (κ2) is 8.30. The molecule has 0 unspecified atom stereocenters. The van der Waals surface area contributed by atoms with Crippen molar-refractivity contribution in [3.8, 4) is 0 Å². The number of hydrogen-bond donors (Lipinski definition) is 2. The van der Waals surface area contributed by atoms with E-state index in [2.05, 4.69) is 0 Å². The van der Waals surface area contributed by atoms with E-state index in [1.807, 2.05) is 83.1 Å². The van der Waals surface area contributed by atoms with E-state index in [0.717, 1.165) is 0 Å². The maximum atomic E-state index is 11.9. The Hall–Kier alpha value is -2.20. The molecule has 2 rings (SSSR count). The van der Waals surface area contributed by atoms with Gasteiger partial charge in [0.25, 0.3) is 0 Å². The summed E-state index contributed by atoms with van der Waals surface area (Å²) in [7, 11) is 0.